The van der Waals surface area contributed by atoms with Crippen molar-refractivity contribution in [1.82, 2.24) is 14.7 Å². The molecule has 146 valence electrons. The minimum Gasteiger partial charge on any atom is -0.339 e. The highest BCUT2D eigenvalue weighted by Crippen LogP contribution is 2.50. The van der Waals surface area contributed by atoms with Crippen LogP contribution in [-0.4, -0.2) is 72.0 Å². The van der Waals surface area contributed by atoms with Gasteiger partial charge in [-0.2, -0.15) is 0 Å². The first-order chi connectivity index (χ1) is 13.3. The van der Waals surface area contributed by atoms with Crippen molar-refractivity contribution in [3.8, 4) is 0 Å². The third-order valence-electron chi connectivity index (χ3n) is 7.59. The van der Waals surface area contributed by atoms with Crippen molar-refractivity contribution in [1.29, 1.82) is 0 Å². The maximum absolute atomic E-state index is 13.1. The lowest BCUT2D eigenvalue weighted by atomic mass is 9.91. The standard InChI is InChI=1S/C23H33N3O/c27-22(23(11-12-23)19-7-3-1-4-8-19)26-17-21(18-26)25-15-13-24(14-16-25)20-9-5-2-6-10-20/h1,3-4,7-8,20-21H,2,5-6,9-18H2. The smallest absolute Gasteiger partial charge is 0.233 e. The fourth-order valence-electron chi connectivity index (χ4n) is 5.58. The van der Waals surface area contributed by atoms with E-state index in [1.54, 1.807) is 0 Å². The molecule has 4 fully saturated rings. The van der Waals surface area contributed by atoms with E-state index < -0.39 is 0 Å². The van der Waals surface area contributed by atoms with Crippen LogP contribution < -0.4 is 0 Å². The average molecular weight is 368 g/mol. The van der Waals surface area contributed by atoms with Gasteiger partial charge in [-0.1, -0.05) is 49.6 Å². The molecule has 1 aromatic rings. The zero-order chi connectivity index (χ0) is 18.3. The second-order valence-electron chi connectivity index (χ2n) is 9.18. The van der Waals surface area contributed by atoms with E-state index in [2.05, 4.69) is 39.0 Å². The Morgan fingerprint density at radius 2 is 1.41 bits per heavy atom. The molecule has 2 aliphatic carbocycles. The van der Waals surface area contributed by atoms with E-state index in [0.29, 0.717) is 11.9 Å². The summed E-state index contributed by atoms with van der Waals surface area (Å²) in [5, 5.41) is 0. The summed E-state index contributed by atoms with van der Waals surface area (Å²) in [7, 11) is 0. The van der Waals surface area contributed by atoms with Crippen LogP contribution in [0.2, 0.25) is 0 Å². The van der Waals surface area contributed by atoms with Crippen LogP contribution in [0.4, 0.5) is 0 Å². The molecule has 5 rings (SSSR count). The molecule has 4 heteroatoms. The third-order valence-corrected chi connectivity index (χ3v) is 7.59. The quantitative estimate of drug-likeness (QED) is 0.819. The van der Waals surface area contributed by atoms with Crippen LogP contribution in [0.25, 0.3) is 0 Å². The lowest BCUT2D eigenvalue weighted by molar-refractivity contribution is -0.142. The predicted octanol–water partition coefficient (Wildman–Crippen LogP) is 2.88. The molecule has 0 radical (unpaired) electrons. The molecule has 2 saturated heterocycles. The molecule has 27 heavy (non-hydrogen) atoms. The van der Waals surface area contributed by atoms with Gasteiger partial charge in [0.2, 0.25) is 5.91 Å². The highest BCUT2D eigenvalue weighted by Gasteiger charge is 2.55. The van der Waals surface area contributed by atoms with Crippen LogP contribution in [0.3, 0.4) is 0 Å². The van der Waals surface area contributed by atoms with Crippen molar-refractivity contribution in [2.75, 3.05) is 39.3 Å². The molecule has 2 aliphatic heterocycles. The Labute approximate surface area is 163 Å². The number of hydrogen-bond donors (Lipinski definition) is 0. The minimum absolute atomic E-state index is 0.189. The molecule has 0 N–H and O–H groups in total. The number of amides is 1. The lowest BCUT2D eigenvalue weighted by Crippen LogP contribution is -2.65. The number of nitrogens with zero attached hydrogens (tertiary/aromatic N) is 3. The van der Waals surface area contributed by atoms with Crippen LogP contribution >= 0.6 is 0 Å². The number of benzene rings is 1. The Morgan fingerprint density at radius 1 is 0.815 bits per heavy atom. The first kappa shape index (κ1) is 17.7. The lowest BCUT2D eigenvalue weighted by Gasteiger charge is -2.50. The summed E-state index contributed by atoms with van der Waals surface area (Å²) in [6.07, 6.45) is 9.16. The van der Waals surface area contributed by atoms with Crippen LogP contribution in [0.15, 0.2) is 30.3 Å². The van der Waals surface area contributed by atoms with Gasteiger partial charge in [-0.15, -0.1) is 0 Å². The predicted molar refractivity (Wildman–Crippen MR) is 108 cm³/mol. The van der Waals surface area contributed by atoms with Crippen LogP contribution in [-0.2, 0) is 10.2 Å². The first-order valence-electron chi connectivity index (χ1n) is 11.1. The van der Waals surface area contributed by atoms with Crippen molar-refractivity contribution >= 4 is 5.91 Å². The molecule has 1 amide bonds. The number of carbonyl (C=O) groups excluding carboxylic acids is 1. The maximum atomic E-state index is 13.1. The summed E-state index contributed by atoms with van der Waals surface area (Å²) >= 11 is 0. The second kappa shape index (κ2) is 7.21. The van der Waals surface area contributed by atoms with E-state index in [0.717, 1.165) is 32.0 Å². The Hall–Kier alpha value is -1.39. The highest BCUT2D eigenvalue weighted by atomic mass is 16.2. The van der Waals surface area contributed by atoms with Crippen molar-refractivity contribution in [2.45, 2.75) is 62.4 Å². The van der Waals surface area contributed by atoms with Gasteiger partial charge in [0, 0.05) is 51.4 Å². The fourth-order valence-corrected chi connectivity index (χ4v) is 5.58. The Morgan fingerprint density at radius 3 is 2.00 bits per heavy atom. The number of piperazine rings is 1. The number of carbonyl (C=O) groups is 1. The number of likely N-dealkylation sites (tertiary alicyclic amines) is 1. The summed E-state index contributed by atoms with van der Waals surface area (Å²) in [6.45, 7) is 6.71. The van der Waals surface area contributed by atoms with Crippen molar-refractivity contribution in [3.05, 3.63) is 35.9 Å². The maximum Gasteiger partial charge on any atom is 0.233 e. The van der Waals surface area contributed by atoms with Gasteiger partial charge in [0.05, 0.1) is 5.41 Å². The van der Waals surface area contributed by atoms with Crippen LogP contribution in [0, 0.1) is 0 Å². The average Bonchev–Trinajstić information content (AvgIpc) is 3.51. The van der Waals surface area contributed by atoms with Gasteiger partial charge in [0.15, 0.2) is 0 Å². The molecule has 0 unspecified atom stereocenters. The summed E-state index contributed by atoms with van der Waals surface area (Å²) in [5.74, 6) is 0.380. The molecule has 1 aromatic carbocycles. The van der Waals surface area contributed by atoms with Crippen molar-refractivity contribution in [2.24, 2.45) is 0 Å². The molecule has 0 bridgehead atoms. The highest BCUT2D eigenvalue weighted by molar-refractivity contribution is 5.92. The molecular weight excluding hydrogens is 334 g/mol. The van der Waals surface area contributed by atoms with Gasteiger partial charge in [-0.25, -0.2) is 0 Å². The summed E-state index contributed by atoms with van der Waals surface area (Å²) in [5.41, 5.74) is 1.03. The number of rotatable bonds is 4. The van der Waals surface area contributed by atoms with Gasteiger partial charge in [-0.3, -0.25) is 14.6 Å². The molecule has 2 saturated carbocycles. The summed E-state index contributed by atoms with van der Waals surface area (Å²) < 4.78 is 0. The first-order valence-corrected chi connectivity index (χ1v) is 11.1. The summed E-state index contributed by atoms with van der Waals surface area (Å²) in [6, 6.07) is 11.9. The zero-order valence-corrected chi connectivity index (χ0v) is 16.5. The number of hydrogen-bond acceptors (Lipinski definition) is 3. The van der Waals surface area contributed by atoms with Gasteiger partial charge in [-0.05, 0) is 31.2 Å². The molecule has 4 nitrogen and oxygen atoms in total. The van der Waals surface area contributed by atoms with Gasteiger partial charge in [0.25, 0.3) is 0 Å². The van der Waals surface area contributed by atoms with Crippen LogP contribution in [0.1, 0.15) is 50.5 Å². The minimum atomic E-state index is -0.189. The van der Waals surface area contributed by atoms with E-state index in [-0.39, 0.29) is 5.41 Å². The molecule has 2 heterocycles. The topological polar surface area (TPSA) is 26.8 Å². The van der Waals surface area contributed by atoms with E-state index >= 15 is 0 Å². The van der Waals surface area contributed by atoms with E-state index in [4.69, 9.17) is 0 Å². The van der Waals surface area contributed by atoms with Crippen molar-refractivity contribution < 1.29 is 4.79 Å². The molecule has 0 spiro atoms. The van der Waals surface area contributed by atoms with Gasteiger partial charge >= 0.3 is 0 Å². The van der Waals surface area contributed by atoms with Gasteiger partial charge < -0.3 is 4.90 Å². The monoisotopic (exact) mass is 367 g/mol. The Balaban J connectivity index is 1.11. The molecule has 0 atom stereocenters. The van der Waals surface area contributed by atoms with Crippen LogP contribution in [0.5, 0.6) is 0 Å². The fraction of sp³-hybridized carbons (Fsp3) is 0.696. The second-order valence-corrected chi connectivity index (χ2v) is 9.18. The molecule has 0 aromatic heterocycles. The summed E-state index contributed by atoms with van der Waals surface area (Å²) in [4.78, 5) is 20.6. The largest absolute Gasteiger partial charge is 0.339 e. The molecular formula is C23H33N3O. The third kappa shape index (κ3) is 3.31. The SMILES string of the molecule is O=C(N1CC(N2CCN(C3CCCCC3)CC2)C1)C1(c2ccccc2)CC1. The van der Waals surface area contributed by atoms with E-state index in [1.807, 2.05) is 6.07 Å². The van der Waals surface area contributed by atoms with Gasteiger partial charge in [0.1, 0.15) is 0 Å². The van der Waals surface area contributed by atoms with Crippen molar-refractivity contribution in [3.63, 3.8) is 0 Å². The zero-order valence-electron chi connectivity index (χ0n) is 16.5. The van der Waals surface area contributed by atoms with E-state index in [9.17, 15) is 4.79 Å². The van der Waals surface area contributed by atoms with E-state index in [1.165, 1.54) is 63.8 Å². The normalized spacial score (nSPS) is 27.3. The molecule has 4 aliphatic rings. The Kier molecular flexibility index (Phi) is 4.73. The Bertz CT molecular complexity index is 651.